The molecule has 1 aliphatic heterocycles. The molecule has 0 saturated carbocycles. The van der Waals surface area contributed by atoms with Crippen molar-refractivity contribution in [3.8, 4) is 0 Å². The predicted octanol–water partition coefficient (Wildman–Crippen LogP) is 2.11. The highest BCUT2D eigenvalue weighted by Crippen LogP contribution is 2.15. The van der Waals surface area contributed by atoms with Crippen molar-refractivity contribution in [3.63, 3.8) is 0 Å². The summed E-state index contributed by atoms with van der Waals surface area (Å²) in [5.41, 5.74) is 0. The Labute approximate surface area is 89.1 Å². The van der Waals surface area contributed by atoms with Crippen LogP contribution in [-0.2, 0) is 0 Å². The van der Waals surface area contributed by atoms with Gasteiger partial charge in [-0.3, -0.25) is 0 Å². The molecule has 1 N–H and O–H groups in total. The maximum atomic E-state index is 3.57. The van der Waals surface area contributed by atoms with Crippen LogP contribution < -0.4 is 5.32 Å². The van der Waals surface area contributed by atoms with Crippen LogP contribution in [0.3, 0.4) is 0 Å². The van der Waals surface area contributed by atoms with Crippen molar-refractivity contribution in [1.29, 1.82) is 0 Å². The van der Waals surface area contributed by atoms with E-state index in [0.717, 1.165) is 5.92 Å². The molecule has 0 aliphatic carbocycles. The maximum absolute atomic E-state index is 3.57. The van der Waals surface area contributed by atoms with Gasteiger partial charge in [-0.25, -0.2) is 0 Å². The number of nitrogens with one attached hydrogen (secondary N) is 1. The van der Waals surface area contributed by atoms with Gasteiger partial charge in [-0.1, -0.05) is 20.3 Å². The van der Waals surface area contributed by atoms with E-state index in [4.69, 9.17) is 0 Å². The summed E-state index contributed by atoms with van der Waals surface area (Å²) in [6.45, 7) is 10.8. The fraction of sp³-hybridized carbons (Fsp3) is 1.00. The fourth-order valence-electron chi connectivity index (χ4n) is 2.11. The van der Waals surface area contributed by atoms with Crippen molar-refractivity contribution in [2.45, 2.75) is 39.5 Å². The van der Waals surface area contributed by atoms with Crippen LogP contribution in [0.1, 0.15) is 39.5 Å². The van der Waals surface area contributed by atoms with Crippen molar-refractivity contribution in [2.24, 2.45) is 5.92 Å². The van der Waals surface area contributed by atoms with E-state index in [2.05, 4.69) is 24.1 Å². The Kier molecular flexibility index (Phi) is 6.20. The number of piperidine rings is 1. The third-order valence-corrected chi connectivity index (χ3v) is 3.29. The molecule has 1 fully saturated rings. The Morgan fingerprint density at radius 2 is 1.93 bits per heavy atom. The van der Waals surface area contributed by atoms with Crippen molar-refractivity contribution >= 4 is 0 Å². The third-order valence-electron chi connectivity index (χ3n) is 3.29. The molecule has 0 aromatic heterocycles. The van der Waals surface area contributed by atoms with Gasteiger partial charge in [0.25, 0.3) is 0 Å². The fourth-order valence-corrected chi connectivity index (χ4v) is 2.11. The summed E-state index contributed by atoms with van der Waals surface area (Å²) in [5, 5.41) is 3.57. The van der Waals surface area contributed by atoms with Gasteiger partial charge in [-0.15, -0.1) is 0 Å². The second-order valence-electron chi connectivity index (χ2n) is 4.44. The molecular weight excluding hydrogens is 172 g/mol. The molecule has 1 heterocycles. The minimum Gasteiger partial charge on any atom is -0.316 e. The number of nitrogens with zero attached hydrogens (tertiary/aromatic N) is 1. The lowest BCUT2D eigenvalue weighted by Gasteiger charge is -2.31. The van der Waals surface area contributed by atoms with Crippen LogP contribution in [0.4, 0.5) is 0 Å². The standard InChI is InChI=1S/C12H26N2/c1-3-5-8-13-11-12-6-9-14(4-2)10-7-12/h12-13H,3-11H2,1-2H3. The second-order valence-corrected chi connectivity index (χ2v) is 4.44. The molecule has 0 aromatic carbocycles. The Hall–Kier alpha value is -0.0800. The van der Waals surface area contributed by atoms with Crippen LogP contribution in [-0.4, -0.2) is 37.6 Å². The number of hydrogen-bond acceptors (Lipinski definition) is 2. The summed E-state index contributed by atoms with van der Waals surface area (Å²) in [7, 11) is 0. The smallest absolute Gasteiger partial charge is 0.00157 e. The molecule has 1 saturated heterocycles. The molecule has 14 heavy (non-hydrogen) atoms. The number of likely N-dealkylation sites (tertiary alicyclic amines) is 1. The molecule has 1 aliphatic rings. The number of hydrogen-bond donors (Lipinski definition) is 1. The van der Waals surface area contributed by atoms with E-state index < -0.39 is 0 Å². The van der Waals surface area contributed by atoms with Crippen LogP contribution >= 0.6 is 0 Å². The maximum Gasteiger partial charge on any atom is -0.00157 e. The minimum atomic E-state index is 0.939. The summed E-state index contributed by atoms with van der Waals surface area (Å²) in [6.07, 6.45) is 5.43. The number of rotatable bonds is 6. The first-order valence-corrected chi connectivity index (χ1v) is 6.29. The van der Waals surface area contributed by atoms with Gasteiger partial charge in [-0.05, 0) is 57.9 Å². The van der Waals surface area contributed by atoms with Crippen LogP contribution in [0.25, 0.3) is 0 Å². The van der Waals surface area contributed by atoms with E-state index in [1.54, 1.807) is 0 Å². The molecule has 2 heteroatoms. The highest BCUT2D eigenvalue weighted by Gasteiger charge is 2.16. The molecule has 0 bridgehead atoms. The molecule has 0 spiro atoms. The van der Waals surface area contributed by atoms with Crippen LogP contribution in [0.15, 0.2) is 0 Å². The second kappa shape index (κ2) is 7.24. The van der Waals surface area contributed by atoms with Crippen molar-refractivity contribution < 1.29 is 0 Å². The molecular formula is C12H26N2. The van der Waals surface area contributed by atoms with E-state index in [1.807, 2.05) is 0 Å². The summed E-state index contributed by atoms with van der Waals surface area (Å²) in [6, 6.07) is 0. The first-order chi connectivity index (χ1) is 6.86. The Morgan fingerprint density at radius 1 is 1.21 bits per heavy atom. The van der Waals surface area contributed by atoms with E-state index in [9.17, 15) is 0 Å². The SMILES string of the molecule is CCCCNCC1CCN(CC)CC1. The lowest BCUT2D eigenvalue weighted by Crippen LogP contribution is -2.37. The topological polar surface area (TPSA) is 15.3 Å². The zero-order chi connectivity index (χ0) is 10.2. The van der Waals surface area contributed by atoms with Gasteiger partial charge in [0, 0.05) is 0 Å². The molecule has 1 rings (SSSR count). The van der Waals surface area contributed by atoms with E-state index in [1.165, 1.54) is 58.4 Å². The van der Waals surface area contributed by atoms with Crippen LogP contribution in [0, 0.1) is 5.92 Å². The molecule has 0 atom stereocenters. The molecule has 0 radical (unpaired) electrons. The zero-order valence-electron chi connectivity index (χ0n) is 9.89. The van der Waals surface area contributed by atoms with Gasteiger partial charge >= 0.3 is 0 Å². The largest absolute Gasteiger partial charge is 0.316 e. The average Bonchev–Trinajstić information content (AvgIpc) is 2.25. The molecule has 2 nitrogen and oxygen atoms in total. The van der Waals surface area contributed by atoms with Gasteiger partial charge in [0.05, 0.1) is 0 Å². The Bertz CT molecular complexity index is 128. The zero-order valence-corrected chi connectivity index (χ0v) is 9.89. The molecule has 0 unspecified atom stereocenters. The van der Waals surface area contributed by atoms with Crippen LogP contribution in [0.5, 0.6) is 0 Å². The first kappa shape index (κ1) is 12.0. The highest BCUT2D eigenvalue weighted by atomic mass is 15.1. The Morgan fingerprint density at radius 3 is 2.50 bits per heavy atom. The van der Waals surface area contributed by atoms with E-state index >= 15 is 0 Å². The Balaban J connectivity index is 1.98. The van der Waals surface area contributed by atoms with Gasteiger partial charge in [0.15, 0.2) is 0 Å². The minimum absolute atomic E-state index is 0.939. The molecule has 84 valence electrons. The van der Waals surface area contributed by atoms with E-state index in [0.29, 0.717) is 0 Å². The normalized spacial score (nSPS) is 20.1. The highest BCUT2D eigenvalue weighted by molar-refractivity contribution is 4.72. The summed E-state index contributed by atoms with van der Waals surface area (Å²) in [4.78, 5) is 2.56. The predicted molar refractivity (Wildman–Crippen MR) is 62.6 cm³/mol. The lowest BCUT2D eigenvalue weighted by molar-refractivity contribution is 0.190. The monoisotopic (exact) mass is 198 g/mol. The van der Waals surface area contributed by atoms with E-state index in [-0.39, 0.29) is 0 Å². The first-order valence-electron chi connectivity index (χ1n) is 6.29. The van der Waals surface area contributed by atoms with Crippen molar-refractivity contribution in [3.05, 3.63) is 0 Å². The quantitative estimate of drug-likeness (QED) is 0.658. The van der Waals surface area contributed by atoms with Gasteiger partial charge < -0.3 is 10.2 Å². The van der Waals surface area contributed by atoms with Gasteiger partial charge in [-0.2, -0.15) is 0 Å². The summed E-state index contributed by atoms with van der Waals surface area (Å²) >= 11 is 0. The van der Waals surface area contributed by atoms with Crippen molar-refractivity contribution in [2.75, 3.05) is 32.7 Å². The third kappa shape index (κ3) is 4.43. The van der Waals surface area contributed by atoms with Crippen LogP contribution in [0.2, 0.25) is 0 Å². The van der Waals surface area contributed by atoms with Crippen molar-refractivity contribution in [1.82, 2.24) is 10.2 Å². The average molecular weight is 198 g/mol. The summed E-state index contributed by atoms with van der Waals surface area (Å²) in [5.74, 6) is 0.939. The lowest BCUT2D eigenvalue weighted by atomic mass is 9.97. The van der Waals surface area contributed by atoms with Gasteiger partial charge in [0.1, 0.15) is 0 Å². The molecule has 0 amide bonds. The number of unbranched alkanes of at least 4 members (excludes halogenated alkanes) is 1. The van der Waals surface area contributed by atoms with Gasteiger partial charge in [0.2, 0.25) is 0 Å². The summed E-state index contributed by atoms with van der Waals surface area (Å²) < 4.78 is 0. The molecule has 0 aromatic rings.